The minimum Gasteiger partial charge on any atom is -0.480 e. The molecule has 0 bridgehead atoms. The van der Waals surface area contributed by atoms with Crippen molar-refractivity contribution < 1.29 is 9.90 Å². The summed E-state index contributed by atoms with van der Waals surface area (Å²) in [7, 11) is 0. The Morgan fingerprint density at radius 3 is 2.65 bits per heavy atom. The number of hydrogen-bond donors (Lipinski definition) is 2. The molecule has 2 atom stereocenters. The van der Waals surface area contributed by atoms with E-state index in [0.29, 0.717) is 6.42 Å². The lowest BCUT2D eigenvalue weighted by Crippen LogP contribution is -2.54. The summed E-state index contributed by atoms with van der Waals surface area (Å²) in [5.41, 5.74) is -0.815. The van der Waals surface area contributed by atoms with Crippen LogP contribution in [0.5, 0.6) is 0 Å². The topological polar surface area (TPSA) is 52.6 Å². The molecule has 1 aliphatic heterocycles. The van der Waals surface area contributed by atoms with Crippen LogP contribution in [-0.4, -0.2) is 47.2 Å². The van der Waals surface area contributed by atoms with E-state index in [9.17, 15) is 9.90 Å². The number of carbonyl (C=O) groups is 1. The average molecular weight is 284 g/mol. The van der Waals surface area contributed by atoms with Gasteiger partial charge in [-0.25, -0.2) is 0 Å². The molecule has 118 valence electrons. The van der Waals surface area contributed by atoms with Crippen LogP contribution in [-0.2, 0) is 4.79 Å². The van der Waals surface area contributed by atoms with Crippen LogP contribution in [0.25, 0.3) is 0 Å². The normalized spacial score (nSPS) is 24.4. The zero-order chi connectivity index (χ0) is 15.2. The molecule has 20 heavy (non-hydrogen) atoms. The van der Waals surface area contributed by atoms with Crippen LogP contribution in [0.3, 0.4) is 0 Å². The molecule has 0 aromatic carbocycles. The molecule has 0 radical (unpaired) electrons. The number of nitrogens with one attached hydrogen (secondary N) is 1. The average Bonchev–Trinajstić information content (AvgIpc) is 2.60. The SMILES string of the molecule is CCC1CCCN(CCC(C)(NC(C)C)C(=O)O)CC1. The molecule has 0 amide bonds. The molecule has 1 saturated heterocycles. The molecule has 2 N–H and O–H groups in total. The fourth-order valence-electron chi connectivity index (χ4n) is 3.12. The minimum atomic E-state index is -0.815. The first-order valence-electron chi connectivity index (χ1n) is 8.11. The highest BCUT2D eigenvalue weighted by molar-refractivity contribution is 5.78. The van der Waals surface area contributed by atoms with Crippen molar-refractivity contribution in [3.63, 3.8) is 0 Å². The van der Waals surface area contributed by atoms with Crippen molar-refractivity contribution in [2.24, 2.45) is 5.92 Å². The second-order valence-corrected chi connectivity index (χ2v) is 6.73. The molecule has 0 aromatic heterocycles. The number of aliphatic carboxylic acids is 1. The van der Waals surface area contributed by atoms with Crippen LogP contribution in [0.2, 0.25) is 0 Å². The van der Waals surface area contributed by atoms with Crippen molar-refractivity contribution >= 4 is 5.97 Å². The molecule has 1 heterocycles. The van der Waals surface area contributed by atoms with Crippen molar-refractivity contribution in [3.05, 3.63) is 0 Å². The van der Waals surface area contributed by atoms with Gasteiger partial charge in [0.25, 0.3) is 0 Å². The largest absolute Gasteiger partial charge is 0.480 e. The van der Waals surface area contributed by atoms with E-state index in [-0.39, 0.29) is 6.04 Å². The van der Waals surface area contributed by atoms with Crippen LogP contribution in [0, 0.1) is 5.92 Å². The second-order valence-electron chi connectivity index (χ2n) is 6.73. The number of carboxylic acids is 1. The zero-order valence-corrected chi connectivity index (χ0v) is 13.6. The van der Waals surface area contributed by atoms with Gasteiger partial charge in [0.15, 0.2) is 0 Å². The molecular formula is C16H32N2O2. The van der Waals surface area contributed by atoms with Crippen LogP contribution in [0.15, 0.2) is 0 Å². The second kappa shape index (κ2) is 7.99. The molecule has 4 nitrogen and oxygen atoms in total. The Hall–Kier alpha value is -0.610. The summed E-state index contributed by atoms with van der Waals surface area (Å²) >= 11 is 0. The highest BCUT2D eigenvalue weighted by atomic mass is 16.4. The van der Waals surface area contributed by atoms with Crippen LogP contribution >= 0.6 is 0 Å². The van der Waals surface area contributed by atoms with Gasteiger partial charge in [0, 0.05) is 12.6 Å². The summed E-state index contributed by atoms with van der Waals surface area (Å²) in [6.07, 6.45) is 5.78. The molecule has 0 saturated carbocycles. The van der Waals surface area contributed by atoms with Crippen molar-refractivity contribution in [2.75, 3.05) is 19.6 Å². The number of likely N-dealkylation sites (tertiary alicyclic amines) is 1. The quantitative estimate of drug-likeness (QED) is 0.755. The van der Waals surface area contributed by atoms with Crippen molar-refractivity contribution in [1.29, 1.82) is 0 Å². The standard InChI is InChI=1S/C16H32N2O2/c1-5-14-7-6-10-18(11-8-14)12-9-16(4,15(19)20)17-13(2)3/h13-14,17H,5-12H2,1-4H3,(H,19,20). The van der Waals surface area contributed by atoms with E-state index < -0.39 is 11.5 Å². The zero-order valence-electron chi connectivity index (χ0n) is 13.6. The predicted molar refractivity (Wildman–Crippen MR) is 83.0 cm³/mol. The number of carboxylic acid groups (broad SMARTS) is 1. The van der Waals surface area contributed by atoms with Gasteiger partial charge in [0.1, 0.15) is 5.54 Å². The Balaban J connectivity index is 2.49. The lowest BCUT2D eigenvalue weighted by molar-refractivity contribution is -0.145. The van der Waals surface area contributed by atoms with Crippen molar-refractivity contribution in [2.45, 2.75) is 71.4 Å². The Labute approximate surface area is 123 Å². The Morgan fingerprint density at radius 1 is 1.40 bits per heavy atom. The number of rotatable bonds is 7. The monoisotopic (exact) mass is 284 g/mol. The number of hydrogen-bond acceptors (Lipinski definition) is 3. The van der Waals surface area contributed by atoms with E-state index in [1.807, 2.05) is 20.8 Å². The smallest absolute Gasteiger partial charge is 0.323 e. The molecule has 0 aromatic rings. The van der Waals surface area contributed by atoms with Crippen LogP contribution in [0.4, 0.5) is 0 Å². The molecule has 0 aliphatic carbocycles. The highest BCUT2D eigenvalue weighted by Crippen LogP contribution is 2.21. The predicted octanol–water partition coefficient (Wildman–Crippen LogP) is 2.73. The maximum atomic E-state index is 11.5. The fraction of sp³-hybridized carbons (Fsp3) is 0.938. The van der Waals surface area contributed by atoms with Gasteiger partial charge >= 0.3 is 5.97 Å². The molecule has 1 aliphatic rings. The van der Waals surface area contributed by atoms with Gasteiger partial charge in [-0.3, -0.25) is 10.1 Å². The van der Waals surface area contributed by atoms with Crippen LogP contribution in [0.1, 0.15) is 59.8 Å². The third-order valence-corrected chi connectivity index (χ3v) is 4.52. The van der Waals surface area contributed by atoms with Gasteiger partial charge in [-0.1, -0.05) is 13.3 Å². The molecule has 2 unspecified atom stereocenters. The van der Waals surface area contributed by atoms with Gasteiger partial charge in [0.05, 0.1) is 0 Å². The van der Waals surface area contributed by atoms with Gasteiger partial charge < -0.3 is 10.0 Å². The Bertz CT molecular complexity index is 307. The first kappa shape index (κ1) is 17.4. The van der Waals surface area contributed by atoms with Gasteiger partial charge in [-0.05, 0) is 65.5 Å². The molecule has 0 spiro atoms. The molecule has 1 rings (SSSR count). The third-order valence-electron chi connectivity index (χ3n) is 4.52. The maximum absolute atomic E-state index is 11.5. The van der Waals surface area contributed by atoms with Gasteiger partial charge in [0.2, 0.25) is 0 Å². The van der Waals surface area contributed by atoms with Crippen molar-refractivity contribution in [1.82, 2.24) is 10.2 Å². The first-order chi connectivity index (χ1) is 9.37. The summed E-state index contributed by atoms with van der Waals surface area (Å²) in [5, 5.41) is 12.7. The van der Waals surface area contributed by atoms with Gasteiger partial charge in [-0.15, -0.1) is 0 Å². The van der Waals surface area contributed by atoms with Gasteiger partial charge in [-0.2, -0.15) is 0 Å². The maximum Gasteiger partial charge on any atom is 0.323 e. The lowest BCUT2D eigenvalue weighted by atomic mass is 9.96. The van der Waals surface area contributed by atoms with E-state index >= 15 is 0 Å². The first-order valence-corrected chi connectivity index (χ1v) is 8.11. The summed E-state index contributed by atoms with van der Waals surface area (Å²) in [4.78, 5) is 14.0. The number of nitrogens with zero attached hydrogens (tertiary/aromatic N) is 1. The van der Waals surface area contributed by atoms with E-state index in [4.69, 9.17) is 0 Å². The highest BCUT2D eigenvalue weighted by Gasteiger charge is 2.33. The molecule has 1 fully saturated rings. The van der Waals surface area contributed by atoms with E-state index in [1.54, 1.807) is 0 Å². The summed E-state index contributed by atoms with van der Waals surface area (Å²) in [5.74, 6) is 0.118. The van der Waals surface area contributed by atoms with E-state index in [0.717, 1.165) is 25.6 Å². The Morgan fingerprint density at radius 2 is 2.10 bits per heavy atom. The summed E-state index contributed by atoms with van der Waals surface area (Å²) in [6, 6.07) is 0.185. The third kappa shape index (κ3) is 5.41. The molecule has 4 heteroatoms. The summed E-state index contributed by atoms with van der Waals surface area (Å²) < 4.78 is 0. The summed E-state index contributed by atoms with van der Waals surface area (Å²) in [6.45, 7) is 11.2. The fourth-order valence-corrected chi connectivity index (χ4v) is 3.12. The van der Waals surface area contributed by atoms with Crippen molar-refractivity contribution in [3.8, 4) is 0 Å². The minimum absolute atomic E-state index is 0.185. The van der Waals surface area contributed by atoms with Crippen LogP contribution < -0.4 is 5.32 Å². The lowest BCUT2D eigenvalue weighted by Gasteiger charge is -2.31. The molecular weight excluding hydrogens is 252 g/mol. The van der Waals surface area contributed by atoms with E-state index in [2.05, 4.69) is 17.1 Å². The Kier molecular flexibility index (Phi) is 6.96. The van der Waals surface area contributed by atoms with E-state index in [1.165, 1.54) is 25.7 Å².